The van der Waals surface area contributed by atoms with Crippen molar-refractivity contribution in [2.45, 2.75) is 6.92 Å². The van der Waals surface area contributed by atoms with E-state index in [0.29, 0.717) is 26.3 Å². The summed E-state index contributed by atoms with van der Waals surface area (Å²) >= 11 is 13.0. The fourth-order valence-electron chi connectivity index (χ4n) is 2.06. The third kappa shape index (κ3) is 3.37. The Bertz CT molecular complexity index is 862. The van der Waals surface area contributed by atoms with Gasteiger partial charge in [0.05, 0.1) is 0 Å². The van der Waals surface area contributed by atoms with Gasteiger partial charge in [0.15, 0.2) is 0 Å². The van der Waals surface area contributed by atoms with Gasteiger partial charge < -0.3 is 5.32 Å². The molecule has 2 aromatic carbocycles. The van der Waals surface area contributed by atoms with Crippen molar-refractivity contribution in [3.05, 3.63) is 63.0 Å². The van der Waals surface area contributed by atoms with E-state index in [-0.39, 0.29) is 5.91 Å². The van der Waals surface area contributed by atoms with Gasteiger partial charge in [-0.25, -0.2) is 0 Å². The summed E-state index contributed by atoms with van der Waals surface area (Å²) in [5.74, 6) is -0.268. The Morgan fingerprint density at radius 3 is 2.61 bits per heavy atom. The highest BCUT2D eigenvalue weighted by Crippen LogP contribution is 2.28. The number of nitrogens with one attached hydrogen (secondary N) is 1. The van der Waals surface area contributed by atoms with Gasteiger partial charge in [0.1, 0.15) is 10.6 Å². The topological polar surface area (TPSA) is 54.9 Å². The van der Waals surface area contributed by atoms with Gasteiger partial charge in [-0.3, -0.25) is 4.79 Å². The van der Waals surface area contributed by atoms with Crippen molar-refractivity contribution < 1.29 is 4.79 Å². The Balaban J connectivity index is 1.91. The number of halogens is 2. The van der Waals surface area contributed by atoms with E-state index in [0.717, 1.165) is 22.7 Å². The molecule has 0 aliphatic carbocycles. The lowest BCUT2D eigenvalue weighted by molar-refractivity contribution is 0.103. The molecule has 1 N–H and O–H groups in total. The van der Waals surface area contributed by atoms with Gasteiger partial charge in [-0.1, -0.05) is 45.9 Å². The second-order valence-corrected chi connectivity index (χ2v) is 6.42. The normalized spacial score (nSPS) is 10.6. The van der Waals surface area contributed by atoms with Gasteiger partial charge in [0.2, 0.25) is 0 Å². The number of carbonyl (C=O) groups excluding carboxylic acids is 1. The Morgan fingerprint density at radius 2 is 1.87 bits per heavy atom. The number of rotatable bonds is 3. The van der Waals surface area contributed by atoms with Crippen molar-refractivity contribution in [1.29, 1.82) is 0 Å². The molecule has 23 heavy (non-hydrogen) atoms. The van der Waals surface area contributed by atoms with Gasteiger partial charge in [0, 0.05) is 21.3 Å². The minimum atomic E-state index is -0.268. The molecule has 0 bridgehead atoms. The first-order chi connectivity index (χ1) is 11.1. The Labute approximate surface area is 147 Å². The first-order valence-corrected chi connectivity index (χ1v) is 8.24. The largest absolute Gasteiger partial charge is 0.321 e. The standard InChI is InChI=1S/C16H11Cl2N3OS/c1-9-12(18)3-2-4-13(9)19-16(22)15-14(20-21-23-15)10-5-7-11(17)8-6-10/h2-8H,1H3,(H,19,22). The van der Waals surface area contributed by atoms with Crippen molar-refractivity contribution in [2.24, 2.45) is 0 Å². The first kappa shape index (κ1) is 15.9. The van der Waals surface area contributed by atoms with E-state index in [4.69, 9.17) is 23.2 Å². The van der Waals surface area contributed by atoms with Gasteiger partial charge >= 0.3 is 0 Å². The number of amides is 1. The molecule has 3 rings (SSSR count). The van der Waals surface area contributed by atoms with Crippen molar-refractivity contribution in [2.75, 3.05) is 5.32 Å². The molecule has 0 unspecified atom stereocenters. The van der Waals surface area contributed by atoms with Crippen LogP contribution in [-0.2, 0) is 0 Å². The van der Waals surface area contributed by atoms with E-state index in [1.54, 1.807) is 42.5 Å². The lowest BCUT2D eigenvalue weighted by Gasteiger charge is -2.09. The Morgan fingerprint density at radius 1 is 1.13 bits per heavy atom. The van der Waals surface area contributed by atoms with Crippen LogP contribution in [0.5, 0.6) is 0 Å². The van der Waals surface area contributed by atoms with Crippen molar-refractivity contribution in [3.8, 4) is 11.3 Å². The fourth-order valence-corrected chi connectivity index (χ4v) is 2.94. The van der Waals surface area contributed by atoms with Gasteiger partial charge in [0.25, 0.3) is 5.91 Å². The number of carbonyl (C=O) groups is 1. The van der Waals surface area contributed by atoms with Crippen LogP contribution in [0.25, 0.3) is 11.3 Å². The third-order valence-corrected chi connectivity index (χ3v) is 4.71. The molecule has 0 fully saturated rings. The van der Waals surface area contributed by atoms with Crippen LogP contribution in [0, 0.1) is 6.92 Å². The SMILES string of the molecule is Cc1c(Cl)cccc1NC(=O)c1snnc1-c1ccc(Cl)cc1. The van der Waals surface area contributed by atoms with Crippen LogP contribution in [0.4, 0.5) is 5.69 Å². The molecule has 0 saturated carbocycles. The lowest BCUT2D eigenvalue weighted by atomic mass is 10.1. The quantitative estimate of drug-likeness (QED) is 0.706. The fraction of sp³-hybridized carbons (Fsp3) is 0.0625. The molecule has 116 valence electrons. The van der Waals surface area contributed by atoms with Crippen LogP contribution in [0.15, 0.2) is 42.5 Å². The molecule has 0 atom stereocenters. The summed E-state index contributed by atoms with van der Waals surface area (Å²) in [5, 5.41) is 8.14. The van der Waals surface area contributed by atoms with Crippen molar-refractivity contribution in [3.63, 3.8) is 0 Å². The van der Waals surface area contributed by atoms with E-state index in [1.165, 1.54) is 0 Å². The van der Waals surface area contributed by atoms with Crippen LogP contribution in [0.2, 0.25) is 10.0 Å². The molecule has 7 heteroatoms. The Hall–Kier alpha value is -1.95. The van der Waals surface area contributed by atoms with Gasteiger partial charge in [-0.05, 0) is 48.3 Å². The Kier molecular flexibility index (Phi) is 4.61. The molecule has 1 heterocycles. The lowest BCUT2D eigenvalue weighted by Crippen LogP contribution is -2.12. The first-order valence-electron chi connectivity index (χ1n) is 6.71. The summed E-state index contributed by atoms with van der Waals surface area (Å²) in [5.41, 5.74) is 2.80. The molecule has 0 aliphatic rings. The highest BCUT2D eigenvalue weighted by molar-refractivity contribution is 7.08. The molecule has 0 radical (unpaired) electrons. The molecule has 3 aromatic rings. The minimum Gasteiger partial charge on any atom is -0.321 e. The maximum Gasteiger partial charge on any atom is 0.269 e. The van der Waals surface area contributed by atoms with Gasteiger partial charge in [-0.15, -0.1) is 5.10 Å². The van der Waals surface area contributed by atoms with E-state index >= 15 is 0 Å². The summed E-state index contributed by atoms with van der Waals surface area (Å²) in [6.45, 7) is 1.85. The monoisotopic (exact) mass is 363 g/mol. The zero-order valence-electron chi connectivity index (χ0n) is 12.0. The zero-order valence-corrected chi connectivity index (χ0v) is 14.3. The van der Waals surface area contributed by atoms with E-state index in [2.05, 4.69) is 14.9 Å². The summed E-state index contributed by atoms with van der Waals surface area (Å²) in [6, 6.07) is 12.5. The van der Waals surface area contributed by atoms with Crippen LogP contribution >= 0.6 is 34.7 Å². The molecule has 1 amide bonds. The van der Waals surface area contributed by atoms with Crippen LogP contribution < -0.4 is 5.32 Å². The maximum atomic E-state index is 12.5. The van der Waals surface area contributed by atoms with Crippen molar-refractivity contribution >= 4 is 46.3 Å². The van der Waals surface area contributed by atoms with E-state index in [9.17, 15) is 4.79 Å². The smallest absolute Gasteiger partial charge is 0.269 e. The van der Waals surface area contributed by atoms with Crippen LogP contribution in [-0.4, -0.2) is 15.5 Å². The molecule has 0 saturated heterocycles. The van der Waals surface area contributed by atoms with E-state index in [1.807, 2.05) is 6.92 Å². The summed E-state index contributed by atoms with van der Waals surface area (Å²) in [7, 11) is 0. The minimum absolute atomic E-state index is 0.268. The molecule has 4 nitrogen and oxygen atoms in total. The number of hydrogen-bond acceptors (Lipinski definition) is 4. The van der Waals surface area contributed by atoms with Crippen LogP contribution in [0.3, 0.4) is 0 Å². The average Bonchev–Trinajstić information content (AvgIpc) is 3.02. The molecule has 1 aromatic heterocycles. The third-order valence-electron chi connectivity index (χ3n) is 3.33. The van der Waals surface area contributed by atoms with Crippen LogP contribution in [0.1, 0.15) is 15.2 Å². The summed E-state index contributed by atoms with van der Waals surface area (Å²) < 4.78 is 3.90. The number of nitrogens with zero attached hydrogens (tertiary/aromatic N) is 2. The summed E-state index contributed by atoms with van der Waals surface area (Å²) in [6.07, 6.45) is 0. The van der Waals surface area contributed by atoms with Crippen molar-refractivity contribution in [1.82, 2.24) is 9.59 Å². The molecular weight excluding hydrogens is 353 g/mol. The predicted molar refractivity (Wildman–Crippen MR) is 94.5 cm³/mol. The highest BCUT2D eigenvalue weighted by Gasteiger charge is 2.18. The maximum absolute atomic E-state index is 12.5. The molecule has 0 spiro atoms. The summed E-state index contributed by atoms with van der Waals surface area (Å²) in [4.78, 5) is 13.0. The zero-order chi connectivity index (χ0) is 16.4. The molecule has 0 aliphatic heterocycles. The number of aromatic nitrogens is 2. The number of hydrogen-bond donors (Lipinski definition) is 1. The average molecular weight is 364 g/mol. The number of benzene rings is 2. The molecular formula is C16H11Cl2N3OS. The second-order valence-electron chi connectivity index (χ2n) is 4.82. The highest BCUT2D eigenvalue weighted by atomic mass is 35.5. The predicted octanol–water partition coefficient (Wildman–Crippen LogP) is 5.07. The number of anilines is 1. The van der Waals surface area contributed by atoms with Gasteiger partial charge in [-0.2, -0.15) is 0 Å². The van der Waals surface area contributed by atoms with E-state index < -0.39 is 0 Å². The second kappa shape index (κ2) is 6.66.